The van der Waals surface area contributed by atoms with E-state index in [0.29, 0.717) is 52.3 Å². The normalized spacial score (nSPS) is 12.9. The molecule has 2 heterocycles. The van der Waals surface area contributed by atoms with E-state index in [9.17, 15) is 5.26 Å². The van der Waals surface area contributed by atoms with Crippen LogP contribution < -0.4 is 4.74 Å². The molecule has 140 valence electrons. The highest BCUT2D eigenvalue weighted by Crippen LogP contribution is 2.27. The number of ether oxygens (including phenoxy) is 1. The second-order valence-electron chi connectivity index (χ2n) is 5.30. The number of aromatic nitrogens is 2. The van der Waals surface area contributed by atoms with Crippen LogP contribution in [0.2, 0.25) is 0 Å². The molecule has 0 bridgehead atoms. The smallest absolute Gasteiger partial charge is 0.258 e. The second kappa shape index (κ2) is 10.3. The van der Waals surface area contributed by atoms with Crippen LogP contribution >= 0.6 is 11.6 Å². The summed E-state index contributed by atoms with van der Waals surface area (Å²) in [6, 6.07) is 7.25. The molecule has 1 aliphatic rings. The molecule has 0 aliphatic carbocycles. The Morgan fingerprint density at radius 2 is 2.07 bits per heavy atom. The summed E-state index contributed by atoms with van der Waals surface area (Å²) in [6.45, 7) is 6.58. The number of rotatable bonds is 5. The summed E-state index contributed by atoms with van der Waals surface area (Å²) in [4.78, 5) is 8.62. The maximum atomic E-state index is 9.21. The summed E-state index contributed by atoms with van der Waals surface area (Å²) in [5.41, 5.74) is 1.67. The molecule has 27 heavy (non-hydrogen) atoms. The standard InChI is InChI=1S/C18H15ClN4O2.C2H6/c1-2-6-24-15-8-12(10-20)7-13(9-15)18-22-17(23-25-18)16-5-3-4-14(19)11-21-16;1-2/h4-5,7-9,11H,2-3,6H2,1H3;1-2H3. The van der Waals surface area contributed by atoms with E-state index in [-0.39, 0.29) is 0 Å². The van der Waals surface area contributed by atoms with E-state index in [1.807, 2.05) is 32.9 Å². The van der Waals surface area contributed by atoms with Crippen molar-refractivity contribution < 1.29 is 9.26 Å². The van der Waals surface area contributed by atoms with Gasteiger partial charge in [0.25, 0.3) is 5.89 Å². The molecular weight excluding hydrogens is 364 g/mol. The van der Waals surface area contributed by atoms with E-state index >= 15 is 0 Å². The second-order valence-corrected chi connectivity index (χ2v) is 5.74. The Morgan fingerprint density at radius 3 is 2.81 bits per heavy atom. The zero-order chi connectivity index (χ0) is 19.6. The molecule has 3 rings (SSSR count). The van der Waals surface area contributed by atoms with Crippen LogP contribution in [-0.4, -0.2) is 23.0 Å². The molecule has 6 nitrogen and oxygen atoms in total. The van der Waals surface area contributed by atoms with Gasteiger partial charge < -0.3 is 9.26 Å². The minimum atomic E-state index is 0.299. The molecule has 0 spiro atoms. The number of halogens is 1. The fourth-order valence-electron chi connectivity index (χ4n) is 2.20. The lowest BCUT2D eigenvalue weighted by atomic mass is 10.1. The Bertz CT molecular complexity index is 907. The maximum Gasteiger partial charge on any atom is 0.258 e. The summed E-state index contributed by atoms with van der Waals surface area (Å²) >= 11 is 5.94. The first-order valence-electron chi connectivity index (χ1n) is 8.82. The number of allylic oxidation sites excluding steroid dienone is 3. The summed E-state index contributed by atoms with van der Waals surface area (Å²) in [6.07, 6.45) is 6.76. The largest absolute Gasteiger partial charge is 0.494 e. The number of nitriles is 1. The molecule has 0 unspecified atom stereocenters. The number of aliphatic imine (C=N–C) groups is 1. The van der Waals surface area contributed by atoms with Gasteiger partial charge in [-0.15, -0.1) is 0 Å². The van der Waals surface area contributed by atoms with Gasteiger partial charge in [0.2, 0.25) is 5.82 Å². The molecule has 7 heteroatoms. The van der Waals surface area contributed by atoms with Crippen molar-refractivity contribution in [2.75, 3.05) is 6.61 Å². The van der Waals surface area contributed by atoms with Crippen LogP contribution in [0.4, 0.5) is 0 Å². The van der Waals surface area contributed by atoms with Gasteiger partial charge in [-0.25, -0.2) is 0 Å². The van der Waals surface area contributed by atoms with Crippen molar-refractivity contribution in [2.24, 2.45) is 4.99 Å². The van der Waals surface area contributed by atoms with E-state index in [4.69, 9.17) is 20.9 Å². The van der Waals surface area contributed by atoms with Crippen molar-refractivity contribution in [3.05, 3.63) is 46.8 Å². The van der Waals surface area contributed by atoms with E-state index < -0.39 is 0 Å². The molecular formula is C20H21ClN4O2. The molecule has 0 amide bonds. The molecule has 2 aromatic rings. The monoisotopic (exact) mass is 384 g/mol. The van der Waals surface area contributed by atoms with Gasteiger partial charge in [0.05, 0.1) is 23.3 Å². The lowest BCUT2D eigenvalue weighted by Gasteiger charge is -2.06. The van der Waals surface area contributed by atoms with Crippen molar-refractivity contribution in [2.45, 2.75) is 33.6 Å². The zero-order valence-corrected chi connectivity index (χ0v) is 16.3. The summed E-state index contributed by atoms with van der Waals surface area (Å²) in [5, 5.41) is 13.7. The van der Waals surface area contributed by atoms with Gasteiger partial charge in [-0.1, -0.05) is 49.7 Å². The fourth-order valence-corrected chi connectivity index (χ4v) is 2.34. The third-order valence-corrected chi connectivity index (χ3v) is 3.61. The lowest BCUT2D eigenvalue weighted by Crippen LogP contribution is -1.96. The van der Waals surface area contributed by atoms with E-state index in [1.54, 1.807) is 24.4 Å². The first kappa shape index (κ1) is 20.4. The number of benzene rings is 1. The Kier molecular flexibility index (Phi) is 7.78. The molecule has 0 N–H and O–H groups in total. The maximum absolute atomic E-state index is 9.21. The van der Waals surface area contributed by atoms with Crippen molar-refractivity contribution >= 4 is 23.5 Å². The first-order chi connectivity index (χ1) is 13.2. The topological polar surface area (TPSA) is 84.3 Å². The Labute approximate surface area is 163 Å². The number of nitrogens with zero attached hydrogens (tertiary/aromatic N) is 4. The third kappa shape index (κ3) is 5.53. The van der Waals surface area contributed by atoms with Gasteiger partial charge in [0, 0.05) is 11.8 Å². The van der Waals surface area contributed by atoms with Gasteiger partial charge in [-0.2, -0.15) is 10.2 Å². The summed E-state index contributed by atoms with van der Waals surface area (Å²) < 4.78 is 11.0. The first-order valence-corrected chi connectivity index (χ1v) is 9.19. The van der Waals surface area contributed by atoms with Crippen LogP contribution in [0, 0.1) is 11.3 Å². The molecule has 0 radical (unpaired) electrons. The van der Waals surface area contributed by atoms with E-state index in [2.05, 4.69) is 21.2 Å². The van der Waals surface area contributed by atoms with Crippen LogP contribution in [0.1, 0.15) is 45.0 Å². The molecule has 0 fully saturated rings. The predicted octanol–water partition coefficient (Wildman–Crippen LogP) is 5.36. The molecule has 1 aromatic carbocycles. The SMILES string of the molecule is CC.CCCOc1cc(C#N)cc(-c2nc(C3=CCC=C(Cl)C=N3)no2)c1. The quantitative estimate of drug-likeness (QED) is 0.692. The van der Waals surface area contributed by atoms with Gasteiger partial charge in [0.1, 0.15) is 11.4 Å². The summed E-state index contributed by atoms with van der Waals surface area (Å²) in [7, 11) is 0. The Hall–Kier alpha value is -2.91. The van der Waals surface area contributed by atoms with E-state index in [0.717, 1.165) is 6.42 Å². The lowest BCUT2D eigenvalue weighted by molar-refractivity contribution is 0.317. The summed E-state index contributed by atoms with van der Waals surface area (Å²) in [5.74, 6) is 1.26. The van der Waals surface area contributed by atoms with Gasteiger partial charge in [-0.05, 0) is 31.0 Å². The van der Waals surface area contributed by atoms with Gasteiger partial charge in [0.15, 0.2) is 0 Å². The molecule has 1 aliphatic heterocycles. The van der Waals surface area contributed by atoms with Crippen molar-refractivity contribution in [1.29, 1.82) is 5.26 Å². The average molecular weight is 385 g/mol. The fraction of sp³-hybridized carbons (Fsp3) is 0.300. The number of hydrogen-bond donors (Lipinski definition) is 0. The Morgan fingerprint density at radius 1 is 1.26 bits per heavy atom. The molecule has 0 atom stereocenters. The van der Waals surface area contributed by atoms with Crippen LogP contribution in [0.5, 0.6) is 5.75 Å². The molecule has 1 aromatic heterocycles. The molecule has 0 saturated carbocycles. The van der Waals surface area contributed by atoms with Crippen LogP contribution in [0.3, 0.4) is 0 Å². The third-order valence-electron chi connectivity index (χ3n) is 3.36. The van der Waals surface area contributed by atoms with Crippen LogP contribution in [-0.2, 0) is 0 Å². The molecule has 0 saturated heterocycles. The minimum Gasteiger partial charge on any atom is -0.494 e. The highest BCUT2D eigenvalue weighted by Gasteiger charge is 2.14. The highest BCUT2D eigenvalue weighted by atomic mass is 35.5. The minimum absolute atomic E-state index is 0.299. The Balaban J connectivity index is 0.00000126. The van der Waals surface area contributed by atoms with E-state index in [1.165, 1.54) is 0 Å². The predicted molar refractivity (Wildman–Crippen MR) is 107 cm³/mol. The number of hydrogen-bond acceptors (Lipinski definition) is 6. The van der Waals surface area contributed by atoms with Crippen molar-refractivity contribution in [1.82, 2.24) is 10.1 Å². The van der Waals surface area contributed by atoms with Gasteiger partial charge >= 0.3 is 0 Å². The zero-order valence-electron chi connectivity index (χ0n) is 15.6. The highest BCUT2D eigenvalue weighted by molar-refractivity contribution is 6.39. The van der Waals surface area contributed by atoms with Gasteiger partial charge in [-0.3, -0.25) is 4.99 Å². The van der Waals surface area contributed by atoms with Crippen molar-refractivity contribution in [3.63, 3.8) is 0 Å². The van der Waals surface area contributed by atoms with Crippen molar-refractivity contribution in [3.8, 4) is 23.3 Å². The van der Waals surface area contributed by atoms with Crippen LogP contribution in [0.15, 0.2) is 44.9 Å². The van der Waals surface area contributed by atoms with Crippen LogP contribution in [0.25, 0.3) is 17.2 Å². The average Bonchev–Trinajstić information content (AvgIpc) is 3.10.